The summed E-state index contributed by atoms with van der Waals surface area (Å²) in [7, 11) is 1.55. The number of hydrogen-bond acceptors (Lipinski definition) is 5. The van der Waals surface area contributed by atoms with Gasteiger partial charge in [-0.15, -0.1) is 0 Å². The molecule has 0 fully saturated rings. The van der Waals surface area contributed by atoms with Crippen LogP contribution in [-0.2, 0) is 0 Å². The third kappa shape index (κ3) is 2.57. The van der Waals surface area contributed by atoms with Crippen molar-refractivity contribution in [1.29, 1.82) is 5.26 Å². The molecular weight excluding hydrogens is 286 g/mol. The molecule has 0 radical (unpaired) electrons. The summed E-state index contributed by atoms with van der Waals surface area (Å²) in [6.07, 6.45) is 0. The first kappa shape index (κ1) is 13.5. The molecule has 0 amide bonds. The number of benzene rings is 1. The monoisotopic (exact) mass is 295 g/mol. The van der Waals surface area contributed by atoms with E-state index in [1.807, 2.05) is 19.1 Å². The summed E-state index contributed by atoms with van der Waals surface area (Å²) in [4.78, 5) is 11.3. The third-order valence-electron chi connectivity index (χ3n) is 2.50. The Morgan fingerprint density at radius 2 is 2.26 bits per heavy atom. The number of ether oxygens (including phenoxy) is 1. The fraction of sp³-hybridized carbons (Fsp3) is 0.167. The molecule has 1 aromatic heterocycles. The smallest absolute Gasteiger partial charge is 0.278 e. The summed E-state index contributed by atoms with van der Waals surface area (Å²) in [5.74, 6) is 0.606. The molecule has 0 bridgehead atoms. The lowest BCUT2D eigenvalue weighted by Crippen LogP contribution is -2.03. The summed E-state index contributed by atoms with van der Waals surface area (Å²) in [6, 6.07) is 5.37. The predicted molar refractivity (Wildman–Crippen MR) is 75.7 cm³/mol. The van der Waals surface area contributed by atoms with E-state index in [-0.39, 0.29) is 5.56 Å². The maximum Gasteiger partial charge on any atom is 0.278 e. The van der Waals surface area contributed by atoms with Gasteiger partial charge in [0.2, 0.25) is 0 Å². The summed E-state index contributed by atoms with van der Waals surface area (Å²) in [5.41, 5.74) is 1.22. The molecule has 0 saturated heterocycles. The lowest BCUT2D eigenvalue weighted by molar-refractivity contribution is 0.412. The SMILES string of the molecule is COc1c(C)cc(Nc2s[nH]c(=O)c2C#N)cc1Cl. The minimum Gasteiger partial charge on any atom is -0.495 e. The first-order valence-corrected chi connectivity index (χ1v) is 6.49. The maximum absolute atomic E-state index is 11.3. The van der Waals surface area contributed by atoms with E-state index in [0.29, 0.717) is 21.5 Å². The number of anilines is 2. The van der Waals surface area contributed by atoms with E-state index in [2.05, 4.69) is 9.69 Å². The van der Waals surface area contributed by atoms with Crippen LogP contribution in [0.1, 0.15) is 11.1 Å². The number of aromatic nitrogens is 1. The van der Waals surface area contributed by atoms with Crippen molar-refractivity contribution in [2.45, 2.75) is 6.92 Å². The van der Waals surface area contributed by atoms with E-state index in [4.69, 9.17) is 21.6 Å². The van der Waals surface area contributed by atoms with Gasteiger partial charge >= 0.3 is 0 Å². The van der Waals surface area contributed by atoms with Gasteiger partial charge in [0.05, 0.1) is 12.1 Å². The van der Waals surface area contributed by atoms with E-state index in [0.717, 1.165) is 17.1 Å². The summed E-state index contributed by atoms with van der Waals surface area (Å²) >= 11 is 7.16. The van der Waals surface area contributed by atoms with Crippen molar-refractivity contribution in [2.24, 2.45) is 0 Å². The molecule has 0 saturated carbocycles. The van der Waals surface area contributed by atoms with Crippen LogP contribution < -0.4 is 15.6 Å². The van der Waals surface area contributed by atoms with Crippen molar-refractivity contribution in [3.63, 3.8) is 0 Å². The number of hydrogen-bond donors (Lipinski definition) is 2. The predicted octanol–water partition coefficient (Wildman–Crippen LogP) is 3.02. The molecule has 2 aromatic rings. The molecule has 0 aliphatic rings. The van der Waals surface area contributed by atoms with Crippen molar-refractivity contribution in [3.05, 3.63) is 38.6 Å². The first-order chi connectivity index (χ1) is 9.06. The van der Waals surface area contributed by atoms with Crippen LogP contribution in [0.25, 0.3) is 0 Å². The van der Waals surface area contributed by atoms with Gasteiger partial charge in [0.1, 0.15) is 16.8 Å². The van der Waals surface area contributed by atoms with Crippen LogP contribution in [0.15, 0.2) is 16.9 Å². The second-order valence-corrected chi connectivity index (χ2v) is 5.01. The number of nitrogens with zero attached hydrogens (tertiary/aromatic N) is 1. The summed E-state index contributed by atoms with van der Waals surface area (Å²) < 4.78 is 7.67. The highest BCUT2D eigenvalue weighted by atomic mass is 35.5. The van der Waals surface area contributed by atoms with Gasteiger partial charge < -0.3 is 10.1 Å². The molecular formula is C12H10ClN3O2S. The van der Waals surface area contributed by atoms with Crippen LogP contribution in [0, 0.1) is 18.3 Å². The van der Waals surface area contributed by atoms with Crippen LogP contribution in [0.3, 0.4) is 0 Å². The number of rotatable bonds is 3. The largest absolute Gasteiger partial charge is 0.495 e. The zero-order valence-corrected chi connectivity index (χ0v) is 11.8. The van der Waals surface area contributed by atoms with Gasteiger partial charge in [0.15, 0.2) is 5.56 Å². The van der Waals surface area contributed by atoms with Gasteiger partial charge in [-0.2, -0.15) is 5.26 Å². The Hall–Kier alpha value is -1.97. The standard InChI is InChI=1S/C12H10ClN3O2S/c1-6-3-7(4-9(13)10(6)18-2)15-12-8(5-14)11(17)16-19-12/h3-4,15H,1-2H3,(H,16,17). The Balaban J connectivity index is 2.40. The Kier molecular flexibility index (Phi) is 3.79. The molecule has 0 aliphatic carbocycles. The molecule has 7 heteroatoms. The number of H-pyrrole nitrogens is 1. The van der Waals surface area contributed by atoms with Gasteiger partial charge in [0.25, 0.3) is 5.56 Å². The zero-order valence-electron chi connectivity index (χ0n) is 10.2. The molecule has 5 nitrogen and oxygen atoms in total. The summed E-state index contributed by atoms with van der Waals surface area (Å²) in [6.45, 7) is 1.86. The highest BCUT2D eigenvalue weighted by Gasteiger charge is 2.12. The van der Waals surface area contributed by atoms with Crippen molar-refractivity contribution < 1.29 is 4.74 Å². The lowest BCUT2D eigenvalue weighted by atomic mass is 10.2. The van der Waals surface area contributed by atoms with Gasteiger partial charge in [-0.05, 0) is 36.2 Å². The number of aryl methyl sites for hydroxylation is 1. The molecule has 1 heterocycles. The van der Waals surface area contributed by atoms with Crippen molar-refractivity contribution in [3.8, 4) is 11.8 Å². The normalized spacial score (nSPS) is 10.0. The van der Waals surface area contributed by atoms with E-state index < -0.39 is 5.56 Å². The molecule has 19 heavy (non-hydrogen) atoms. The van der Waals surface area contributed by atoms with Crippen LogP contribution in [-0.4, -0.2) is 11.5 Å². The van der Waals surface area contributed by atoms with Crippen LogP contribution in [0.5, 0.6) is 5.75 Å². The van der Waals surface area contributed by atoms with Crippen LogP contribution in [0.2, 0.25) is 5.02 Å². The van der Waals surface area contributed by atoms with E-state index in [1.54, 1.807) is 13.2 Å². The topological polar surface area (TPSA) is 77.9 Å². The highest BCUT2D eigenvalue weighted by Crippen LogP contribution is 2.33. The molecule has 2 N–H and O–H groups in total. The van der Waals surface area contributed by atoms with Crippen molar-refractivity contribution in [2.75, 3.05) is 12.4 Å². The van der Waals surface area contributed by atoms with E-state index in [1.165, 1.54) is 0 Å². The fourth-order valence-electron chi connectivity index (χ4n) is 1.68. The van der Waals surface area contributed by atoms with Crippen molar-refractivity contribution in [1.82, 2.24) is 4.37 Å². The van der Waals surface area contributed by atoms with Crippen LogP contribution >= 0.6 is 23.1 Å². The fourth-order valence-corrected chi connectivity index (χ4v) is 2.73. The van der Waals surface area contributed by atoms with Crippen molar-refractivity contribution >= 4 is 33.8 Å². The first-order valence-electron chi connectivity index (χ1n) is 5.29. The Morgan fingerprint density at radius 3 is 2.84 bits per heavy atom. The zero-order chi connectivity index (χ0) is 14.0. The average Bonchev–Trinajstić information content (AvgIpc) is 2.69. The van der Waals surface area contributed by atoms with E-state index in [9.17, 15) is 4.79 Å². The number of methoxy groups -OCH3 is 1. The second kappa shape index (κ2) is 5.34. The Morgan fingerprint density at radius 1 is 1.53 bits per heavy atom. The van der Waals surface area contributed by atoms with Gasteiger partial charge in [-0.1, -0.05) is 11.6 Å². The van der Waals surface area contributed by atoms with E-state index >= 15 is 0 Å². The molecule has 0 atom stereocenters. The second-order valence-electron chi connectivity index (χ2n) is 3.78. The van der Waals surface area contributed by atoms with Gasteiger partial charge in [0, 0.05) is 5.69 Å². The lowest BCUT2D eigenvalue weighted by Gasteiger charge is -2.10. The average molecular weight is 296 g/mol. The molecule has 0 unspecified atom stereocenters. The molecule has 0 spiro atoms. The van der Waals surface area contributed by atoms with Gasteiger partial charge in [-0.25, -0.2) is 0 Å². The van der Waals surface area contributed by atoms with Gasteiger partial charge in [-0.3, -0.25) is 9.17 Å². The minimum atomic E-state index is -0.397. The Bertz CT molecular complexity index is 691. The Labute approximate surface area is 118 Å². The molecule has 0 aliphatic heterocycles. The third-order valence-corrected chi connectivity index (χ3v) is 3.58. The number of halogens is 1. The minimum absolute atomic E-state index is 0.0644. The maximum atomic E-state index is 11.3. The number of nitriles is 1. The number of nitrogens with one attached hydrogen (secondary N) is 2. The highest BCUT2D eigenvalue weighted by molar-refractivity contribution is 7.10. The molecule has 1 aromatic carbocycles. The van der Waals surface area contributed by atoms with Crippen LogP contribution in [0.4, 0.5) is 10.7 Å². The number of aromatic amines is 1. The quantitative estimate of drug-likeness (QED) is 0.912. The molecule has 2 rings (SSSR count). The molecule has 98 valence electrons. The summed E-state index contributed by atoms with van der Waals surface area (Å²) in [5, 5.41) is 12.8.